The van der Waals surface area contributed by atoms with E-state index in [1.165, 1.54) is 19.1 Å². The van der Waals surface area contributed by atoms with E-state index >= 15 is 0 Å². The van der Waals surface area contributed by atoms with E-state index < -0.39 is 36.1 Å². The van der Waals surface area contributed by atoms with Crippen LogP contribution in [0.25, 0.3) is 0 Å². The Morgan fingerprint density at radius 3 is 2.24 bits per heavy atom. The third kappa shape index (κ3) is 9.45. The third-order valence-electron chi connectivity index (χ3n) is 6.13. The summed E-state index contributed by atoms with van der Waals surface area (Å²) >= 11 is 0. The van der Waals surface area contributed by atoms with Gasteiger partial charge in [-0.2, -0.15) is 15.0 Å². The molecule has 37 heavy (non-hydrogen) atoms. The number of benzene rings is 1. The van der Waals surface area contributed by atoms with E-state index in [-0.39, 0.29) is 34.6 Å². The summed E-state index contributed by atoms with van der Waals surface area (Å²) in [4.78, 5) is 12.5. The quantitative estimate of drug-likeness (QED) is 0.327. The van der Waals surface area contributed by atoms with Crippen molar-refractivity contribution in [2.75, 3.05) is 22.9 Å². The number of anilines is 2. The predicted molar refractivity (Wildman–Crippen MR) is 144 cm³/mol. The van der Waals surface area contributed by atoms with Gasteiger partial charge >= 0.3 is 6.01 Å². The average molecular weight is 560 g/mol. The molecule has 1 unspecified atom stereocenters. The number of nitrogens with one attached hydrogen (secondary N) is 2. The summed E-state index contributed by atoms with van der Waals surface area (Å²) in [6, 6.07) is 3.31. The molecule has 9 nitrogen and oxygen atoms in total. The molecule has 2 rings (SSSR count). The first kappa shape index (κ1) is 30.8. The maximum atomic E-state index is 14.3. The number of ether oxygens (including phenoxy) is 1. The largest absolute Gasteiger partial charge is 0.455 e. The zero-order chi connectivity index (χ0) is 28.2. The van der Waals surface area contributed by atoms with Crippen LogP contribution in [0.4, 0.5) is 20.7 Å². The van der Waals surface area contributed by atoms with Crippen molar-refractivity contribution in [3.63, 3.8) is 0 Å². The van der Waals surface area contributed by atoms with Crippen molar-refractivity contribution < 1.29 is 26.4 Å². The molecule has 2 N–H and O–H groups in total. The Morgan fingerprint density at radius 1 is 1.05 bits per heavy atom. The second-order valence-corrected chi connectivity index (χ2v) is 17.6. The Kier molecular flexibility index (Phi) is 9.99. The van der Waals surface area contributed by atoms with Crippen molar-refractivity contribution in [2.45, 2.75) is 78.2 Å². The van der Waals surface area contributed by atoms with Crippen LogP contribution in [-0.4, -0.2) is 50.6 Å². The molecule has 0 aliphatic rings. The van der Waals surface area contributed by atoms with Crippen LogP contribution >= 0.6 is 0 Å². The summed E-state index contributed by atoms with van der Waals surface area (Å²) in [7, 11) is -5.75. The zero-order valence-electron chi connectivity index (χ0n) is 23.0. The van der Waals surface area contributed by atoms with Crippen LogP contribution in [0, 0.1) is 17.6 Å². The highest BCUT2D eigenvalue weighted by Crippen LogP contribution is 2.36. The van der Waals surface area contributed by atoms with Gasteiger partial charge in [0.1, 0.15) is 6.10 Å². The predicted octanol–water partition coefficient (Wildman–Crippen LogP) is 5.51. The van der Waals surface area contributed by atoms with E-state index in [0.29, 0.717) is 12.5 Å². The minimum atomic E-state index is -3.71. The van der Waals surface area contributed by atoms with Gasteiger partial charge in [0.15, 0.2) is 20.0 Å². The van der Waals surface area contributed by atoms with E-state index in [0.717, 1.165) is 18.7 Å². The zero-order valence-corrected chi connectivity index (χ0v) is 24.8. The molecule has 208 valence electrons. The molecule has 0 radical (unpaired) electrons. The number of halogens is 2. The summed E-state index contributed by atoms with van der Waals surface area (Å²) in [6.07, 6.45) is 0.727. The summed E-state index contributed by atoms with van der Waals surface area (Å²) in [6.45, 7) is 16.9. The van der Waals surface area contributed by atoms with Crippen LogP contribution in [0.3, 0.4) is 0 Å². The van der Waals surface area contributed by atoms with Gasteiger partial charge in [0.25, 0.3) is 0 Å². The Morgan fingerprint density at radius 2 is 1.68 bits per heavy atom. The summed E-state index contributed by atoms with van der Waals surface area (Å²) < 4.78 is 66.0. The van der Waals surface area contributed by atoms with Crippen LogP contribution in [0.2, 0.25) is 18.1 Å². The van der Waals surface area contributed by atoms with Gasteiger partial charge in [-0.25, -0.2) is 17.2 Å². The Labute approximate surface area is 220 Å². The van der Waals surface area contributed by atoms with Crippen molar-refractivity contribution in [1.29, 1.82) is 0 Å². The van der Waals surface area contributed by atoms with E-state index in [4.69, 9.17) is 9.16 Å². The lowest BCUT2D eigenvalue weighted by atomic mass is 10.0. The van der Waals surface area contributed by atoms with Gasteiger partial charge in [0, 0.05) is 5.56 Å². The number of hydrogen-bond acceptors (Lipinski definition) is 8. The fraction of sp³-hybridized carbons (Fsp3) is 0.625. The molecule has 0 fully saturated rings. The van der Waals surface area contributed by atoms with E-state index in [1.807, 2.05) is 0 Å². The molecule has 2 aromatic rings. The minimum absolute atomic E-state index is 0.0262. The van der Waals surface area contributed by atoms with Crippen LogP contribution in [0.5, 0.6) is 6.01 Å². The molecule has 2 atom stereocenters. The van der Waals surface area contributed by atoms with Gasteiger partial charge in [-0.15, -0.1) is 0 Å². The van der Waals surface area contributed by atoms with Crippen LogP contribution < -0.4 is 14.8 Å². The van der Waals surface area contributed by atoms with Crippen molar-refractivity contribution in [3.05, 3.63) is 35.4 Å². The van der Waals surface area contributed by atoms with Crippen LogP contribution in [0.1, 0.15) is 59.6 Å². The second-order valence-electron chi connectivity index (χ2n) is 11.1. The Bertz CT molecular complexity index is 1180. The Hall–Kier alpha value is -2.38. The maximum absolute atomic E-state index is 14.3. The smallest absolute Gasteiger partial charge is 0.323 e. The number of nitrogens with zero attached hydrogens (tertiary/aromatic N) is 3. The van der Waals surface area contributed by atoms with Crippen LogP contribution in [-0.2, 0) is 14.4 Å². The molecular formula is C24H39F2N5O4SSi. The number of aromatic nitrogens is 3. The molecular weight excluding hydrogens is 520 g/mol. The first-order valence-electron chi connectivity index (χ1n) is 12.1. The summed E-state index contributed by atoms with van der Waals surface area (Å²) in [5.74, 6) is -1.94. The van der Waals surface area contributed by atoms with Gasteiger partial charge in [0.05, 0.1) is 18.9 Å². The SMILES string of the molecule is CC(C)C[C@H](CO[Si](C)(C)C(C)(C)C)Nc1nc(NS(C)(=O)=O)nc(OC(C)c2cccc(F)c2F)n1. The third-order valence-corrected chi connectivity index (χ3v) is 11.2. The molecule has 0 aliphatic heterocycles. The Balaban J connectivity index is 2.37. The molecule has 13 heteroatoms. The molecule has 1 aromatic carbocycles. The van der Waals surface area contributed by atoms with Gasteiger partial charge < -0.3 is 14.5 Å². The average Bonchev–Trinajstić information content (AvgIpc) is 2.71. The lowest BCUT2D eigenvalue weighted by Gasteiger charge is -2.37. The standard InChI is InChI=1S/C24H39F2N5O4SSi/c1-15(2)13-17(14-34-37(8,9)24(4,5)6)27-21-28-22(31-36(7,32)33)30-23(29-21)35-16(3)18-11-10-12-19(25)20(18)26/h10-12,15-17H,13-14H2,1-9H3,(H2,27,28,29,30,31)/t16?,17-/m1/s1. The van der Waals surface area contributed by atoms with E-state index in [9.17, 15) is 17.2 Å². The number of hydrogen-bond donors (Lipinski definition) is 2. The molecule has 0 bridgehead atoms. The summed E-state index contributed by atoms with van der Waals surface area (Å²) in [5.41, 5.74) is -0.0343. The van der Waals surface area contributed by atoms with E-state index in [2.05, 4.69) is 72.7 Å². The first-order chi connectivity index (χ1) is 16.9. The summed E-state index contributed by atoms with van der Waals surface area (Å²) in [5, 5.41) is 3.25. The molecule has 0 amide bonds. The number of rotatable bonds is 12. The van der Waals surface area contributed by atoms with Gasteiger partial charge in [-0.05, 0) is 43.5 Å². The molecule has 1 heterocycles. The van der Waals surface area contributed by atoms with Gasteiger partial charge in [0.2, 0.25) is 21.9 Å². The van der Waals surface area contributed by atoms with Crippen molar-refractivity contribution in [2.24, 2.45) is 5.92 Å². The first-order valence-corrected chi connectivity index (χ1v) is 16.9. The lowest BCUT2D eigenvalue weighted by molar-refractivity contribution is 0.201. The topological polar surface area (TPSA) is 115 Å². The molecule has 1 aromatic heterocycles. The normalized spacial score (nSPS) is 14.4. The van der Waals surface area contributed by atoms with Gasteiger partial charge in [-0.1, -0.05) is 46.8 Å². The fourth-order valence-electron chi connectivity index (χ4n) is 3.19. The molecule has 0 aliphatic carbocycles. The van der Waals surface area contributed by atoms with Crippen molar-refractivity contribution in [1.82, 2.24) is 15.0 Å². The van der Waals surface area contributed by atoms with Crippen molar-refractivity contribution in [3.8, 4) is 6.01 Å². The number of sulfonamides is 1. The van der Waals surface area contributed by atoms with Gasteiger partial charge in [-0.3, -0.25) is 4.72 Å². The highest BCUT2D eigenvalue weighted by molar-refractivity contribution is 7.91. The second kappa shape index (κ2) is 12.0. The van der Waals surface area contributed by atoms with E-state index in [1.54, 1.807) is 0 Å². The fourth-order valence-corrected chi connectivity index (χ4v) is 4.66. The van der Waals surface area contributed by atoms with Crippen molar-refractivity contribution >= 4 is 30.2 Å². The molecule has 0 spiro atoms. The lowest BCUT2D eigenvalue weighted by Crippen LogP contribution is -2.44. The monoisotopic (exact) mass is 559 g/mol. The minimum Gasteiger partial charge on any atom is -0.455 e. The molecule has 0 saturated carbocycles. The maximum Gasteiger partial charge on any atom is 0.323 e. The highest BCUT2D eigenvalue weighted by Gasteiger charge is 2.37. The molecule has 0 saturated heterocycles. The van der Waals surface area contributed by atoms with Crippen LogP contribution in [0.15, 0.2) is 18.2 Å². The highest BCUT2D eigenvalue weighted by atomic mass is 32.2.